The second-order valence-corrected chi connectivity index (χ2v) is 3.67. The van der Waals surface area contributed by atoms with E-state index in [0.717, 1.165) is 0 Å². The summed E-state index contributed by atoms with van der Waals surface area (Å²) in [5.41, 5.74) is 5.36. The smallest absolute Gasteiger partial charge is 0.180 e. The summed E-state index contributed by atoms with van der Waals surface area (Å²) in [7, 11) is 0. The molecule has 0 radical (unpaired) electrons. The number of carbonyl (C=O) groups is 1. The molecule has 1 saturated heterocycles. The lowest BCUT2D eigenvalue weighted by molar-refractivity contribution is -0.137. The van der Waals surface area contributed by atoms with Crippen LogP contribution in [-0.2, 0) is 9.53 Å². The molecule has 0 unspecified atom stereocenters. The van der Waals surface area contributed by atoms with E-state index < -0.39 is 5.60 Å². The Hall–Kier alpha value is -1.51. The molecule has 76 valence electrons. The lowest BCUT2D eigenvalue weighted by Gasteiger charge is -2.32. The third kappa shape index (κ3) is 1.87. The minimum Gasteiger partial charge on any atom is -0.480 e. The van der Waals surface area contributed by atoms with Crippen LogP contribution in [0.3, 0.4) is 0 Å². The molecule has 1 fully saturated rings. The molecule has 3 heteroatoms. The van der Waals surface area contributed by atoms with Gasteiger partial charge in [0.25, 0.3) is 0 Å². The zero-order valence-corrected chi connectivity index (χ0v) is 8.54. The highest BCUT2D eigenvalue weighted by atomic mass is 16.5. The Morgan fingerprint density at radius 3 is 2.71 bits per heavy atom. The first-order valence-electron chi connectivity index (χ1n) is 4.47. The van der Waals surface area contributed by atoms with Crippen LogP contribution in [0.5, 0.6) is 0 Å². The number of hydrogen-bond donors (Lipinski definition) is 1. The normalized spacial score (nSPS) is 26.3. The minimum atomic E-state index is -0.763. The van der Waals surface area contributed by atoms with Crippen LogP contribution in [0.1, 0.15) is 20.3 Å². The molecule has 1 heterocycles. The molecule has 1 aliphatic heterocycles. The first kappa shape index (κ1) is 10.6. The van der Waals surface area contributed by atoms with Gasteiger partial charge in [-0.15, -0.1) is 0 Å². The zero-order valence-electron chi connectivity index (χ0n) is 8.54. The number of ketones is 1. The maximum absolute atomic E-state index is 11.6. The molecule has 0 aromatic carbocycles. The molecule has 0 saturated carbocycles. The Morgan fingerprint density at radius 2 is 2.21 bits per heavy atom. The van der Waals surface area contributed by atoms with Crippen LogP contribution in [-0.4, -0.2) is 11.4 Å². The van der Waals surface area contributed by atoms with E-state index in [0.29, 0.717) is 17.8 Å². The van der Waals surface area contributed by atoms with Crippen molar-refractivity contribution >= 4 is 5.78 Å². The molecule has 14 heavy (non-hydrogen) atoms. The second-order valence-electron chi connectivity index (χ2n) is 3.67. The van der Waals surface area contributed by atoms with E-state index >= 15 is 0 Å². The highest BCUT2D eigenvalue weighted by molar-refractivity contribution is 5.90. The fraction of sp³-hybridized carbons (Fsp3) is 0.364. The molecule has 0 aromatic heterocycles. The summed E-state index contributed by atoms with van der Waals surface area (Å²) in [4.78, 5) is 11.6. The van der Waals surface area contributed by atoms with E-state index in [1.165, 1.54) is 6.20 Å². The van der Waals surface area contributed by atoms with Gasteiger partial charge in [-0.3, -0.25) is 4.79 Å². The van der Waals surface area contributed by atoms with Crippen molar-refractivity contribution in [1.82, 2.24) is 0 Å². The SMILES string of the molecule is C=C/C=C1/OC(C)(C)C(=O)C/C1=C/N. The van der Waals surface area contributed by atoms with E-state index in [9.17, 15) is 4.79 Å². The van der Waals surface area contributed by atoms with Crippen LogP contribution in [0.2, 0.25) is 0 Å². The van der Waals surface area contributed by atoms with Crippen LogP contribution < -0.4 is 5.73 Å². The average molecular weight is 193 g/mol. The second kappa shape index (κ2) is 3.70. The summed E-state index contributed by atoms with van der Waals surface area (Å²) >= 11 is 0. The van der Waals surface area contributed by atoms with Crippen molar-refractivity contribution in [2.75, 3.05) is 0 Å². The molecular weight excluding hydrogens is 178 g/mol. The van der Waals surface area contributed by atoms with Crippen molar-refractivity contribution in [3.05, 3.63) is 36.3 Å². The molecule has 2 N–H and O–H groups in total. The van der Waals surface area contributed by atoms with Crippen molar-refractivity contribution in [3.8, 4) is 0 Å². The highest BCUT2D eigenvalue weighted by Crippen LogP contribution is 2.31. The van der Waals surface area contributed by atoms with Crippen molar-refractivity contribution in [3.63, 3.8) is 0 Å². The molecule has 1 rings (SSSR count). The van der Waals surface area contributed by atoms with Crippen LogP contribution in [0.4, 0.5) is 0 Å². The van der Waals surface area contributed by atoms with E-state index in [1.807, 2.05) is 0 Å². The monoisotopic (exact) mass is 193 g/mol. The third-order valence-electron chi connectivity index (χ3n) is 2.17. The number of carbonyl (C=O) groups excluding carboxylic acids is 1. The summed E-state index contributed by atoms with van der Waals surface area (Å²) < 4.78 is 5.52. The summed E-state index contributed by atoms with van der Waals surface area (Å²) in [6, 6.07) is 0. The van der Waals surface area contributed by atoms with Crippen LogP contribution >= 0.6 is 0 Å². The van der Waals surface area contributed by atoms with Gasteiger partial charge in [0, 0.05) is 18.2 Å². The molecule has 3 nitrogen and oxygen atoms in total. The standard InChI is InChI=1S/C11H15NO2/c1-4-5-9-8(7-12)6-10(13)11(2,3)14-9/h4-5,7H,1,6,12H2,2-3H3/b8-7-,9-5+. The quantitative estimate of drug-likeness (QED) is 0.689. The third-order valence-corrected chi connectivity index (χ3v) is 2.17. The topological polar surface area (TPSA) is 52.3 Å². The molecule has 0 spiro atoms. The van der Waals surface area contributed by atoms with Crippen molar-refractivity contribution < 1.29 is 9.53 Å². The molecular formula is C11H15NO2. The van der Waals surface area contributed by atoms with Gasteiger partial charge in [-0.25, -0.2) is 0 Å². The number of Topliss-reactive ketones (excluding diaryl/α,β-unsaturated/α-hetero) is 1. The predicted octanol–water partition coefficient (Wildman–Crippen LogP) is 1.67. The fourth-order valence-corrected chi connectivity index (χ4v) is 1.26. The molecule has 0 atom stereocenters. The summed E-state index contributed by atoms with van der Waals surface area (Å²) in [5.74, 6) is 0.669. The Kier molecular flexibility index (Phi) is 2.79. The van der Waals surface area contributed by atoms with Gasteiger partial charge >= 0.3 is 0 Å². The number of rotatable bonds is 1. The Bertz CT molecular complexity index is 324. The molecule has 0 amide bonds. The van der Waals surface area contributed by atoms with Gasteiger partial charge in [-0.2, -0.15) is 0 Å². The number of nitrogens with two attached hydrogens (primary N) is 1. The van der Waals surface area contributed by atoms with Gasteiger partial charge < -0.3 is 10.5 Å². The average Bonchev–Trinajstić information content (AvgIpc) is 2.11. The van der Waals surface area contributed by atoms with Gasteiger partial charge in [0.1, 0.15) is 5.76 Å². The van der Waals surface area contributed by atoms with Gasteiger partial charge in [-0.05, 0) is 19.9 Å². The number of allylic oxidation sites excluding steroid dienone is 3. The van der Waals surface area contributed by atoms with Crippen molar-refractivity contribution in [1.29, 1.82) is 0 Å². The summed E-state index contributed by atoms with van der Waals surface area (Å²) in [6.07, 6.45) is 5.06. The molecule has 0 aliphatic carbocycles. The maximum atomic E-state index is 11.6. The zero-order chi connectivity index (χ0) is 10.8. The number of ether oxygens (including phenoxy) is 1. The largest absolute Gasteiger partial charge is 0.480 e. The van der Waals surface area contributed by atoms with E-state index in [2.05, 4.69) is 6.58 Å². The Balaban J connectivity index is 3.03. The van der Waals surface area contributed by atoms with Crippen LogP contribution in [0.15, 0.2) is 36.3 Å². The van der Waals surface area contributed by atoms with Crippen molar-refractivity contribution in [2.45, 2.75) is 25.9 Å². The molecule has 0 aromatic rings. The van der Waals surface area contributed by atoms with Gasteiger partial charge in [-0.1, -0.05) is 12.7 Å². The first-order valence-corrected chi connectivity index (χ1v) is 4.47. The Labute approximate surface area is 83.9 Å². The van der Waals surface area contributed by atoms with Gasteiger partial charge in [0.05, 0.1) is 0 Å². The molecule has 1 aliphatic rings. The van der Waals surface area contributed by atoms with E-state index in [1.54, 1.807) is 26.0 Å². The maximum Gasteiger partial charge on any atom is 0.180 e. The van der Waals surface area contributed by atoms with Crippen molar-refractivity contribution in [2.24, 2.45) is 5.73 Å². The Morgan fingerprint density at radius 1 is 1.57 bits per heavy atom. The summed E-state index contributed by atoms with van der Waals surface area (Å²) in [5, 5.41) is 0. The van der Waals surface area contributed by atoms with Crippen LogP contribution in [0, 0.1) is 0 Å². The van der Waals surface area contributed by atoms with Gasteiger partial charge in [0.2, 0.25) is 0 Å². The minimum absolute atomic E-state index is 0.0374. The lowest BCUT2D eigenvalue weighted by atomic mass is 9.92. The predicted molar refractivity (Wildman–Crippen MR) is 55.3 cm³/mol. The summed E-state index contributed by atoms with van der Waals surface area (Å²) in [6.45, 7) is 7.08. The van der Waals surface area contributed by atoms with Crippen LogP contribution in [0.25, 0.3) is 0 Å². The first-order chi connectivity index (χ1) is 6.51. The number of hydrogen-bond acceptors (Lipinski definition) is 3. The highest BCUT2D eigenvalue weighted by Gasteiger charge is 2.36. The van der Waals surface area contributed by atoms with Gasteiger partial charge in [0.15, 0.2) is 11.4 Å². The molecule has 0 bridgehead atoms. The van der Waals surface area contributed by atoms with E-state index in [-0.39, 0.29) is 5.78 Å². The fourth-order valence-electron chi connectivity index (χ4n) is 1.26. The lowest BCUT2D eigenvalue weighted by Crippen LogP contribution is -2.39. The van der Waals surface area contributed by atoms with E-state index in [4.69, 9.17) is 10.5 Å².